The first-order valence-electron chi connectivity index (χ1n) is 7.04. The Hall–Kier alpha value is -3.28. The number of fused-ring (bicyclic) bond motifs is 1. The second kappa shape index (κ2) is 5.17. The summed E-state index contributed by atoms with van der Waals surface area (Å²) in [6.45, 7) is 0. The maximum Gasteiger partial charge on any atom is 0.222 e. The van der Waals surface area contributed by atoms with E-state index in [1.807, 2.05) is 36.4 Å². The summed E-state index contributed by atoms with van der Waals surface area (Å²) in [5.74, 6) is -0.217. The van der Waals surface area contributed by atoms with Gasteiger partial charge in [0.2, 0.25) is 5.95 Å². The van der Waals surface area contributed by atoms with Crippen LogP contribution in [0.4, 0.5) is 10.3 Å². The first kappa shape index (κ1) is 13.4. The Labute approximate surface area is 131 Å². The molecule has 0 radical (unpaired) electrons. The standard InChI is InChI=1S/C17H12FN5/c18-13-8-11(6-7-12(13)10-4-2-1-3-5-10)14-15-16(21-9-20-15)23-17(19)22-14/h1-9H,(H3,19,20,21,22,23). The fraction of sp³-hybridized carbons (Fsp3) is 0. The van der Waals surface area contributed by atoms with E-state index in [1.54, 1.807) is 6.07 Å². The van der Waals surface area contributed by atoms with Crippen molar-refractivity contribution in [2.45, 2.75) is 0 Å². The number of hydrogen-bond acceptors (Lipinski definition) is 4. The van der Waals surface area contributed by atoms with E-state index in [1.165, 1.54) is 12.4 Å². The molecule has 6 heteroatoms. The van der Waals surface area contributed by atoms with Crippen LogP contribution >= 0.6 is 0 Å². The number of anilines is 1. The zero-order chi connectivity index (χ0) is 15.8. The molecule has 3 N–H and O–H groups in total. The fourth-order valence-electron chi connectivity index (χ4n) is 2.57. The second-order valence-corrected chi connectivity index (χ2v) is 5.09. The molecule has 0 saturated heterocycles. The molecule has 0 fully saturated rings. The first-order chi connectivity index (χ1) is 11.2. The van der Waals surface area contributed by atoms with Crippen LogP contribution in [0.15, 0.2) is 54.9 Å². The van der Waals surface area contributed by atoms with E-state index in [9.17, 15) is 4.39 Å². The molecule has 23 heavy (non-hydrogen) atoms. The number of nitrogens with two attached hydrogens (primary N) is 1. The highest BCUT2D eigenvalue weighted by Crippen LogP contribution is 2.29. The average Bonchev–Trinajstić information content (AvgIpc) is 3.03. The lowest BCUT2D eigenvalue weighted by molar-refractivity contribution is 0.632. The Kier molecular flexibility index (Phi) is 3.01. The van der Waals surface area contributed by atoms with Crippen molar-refractivity contribution >= 4 is 17.1 Å². The number of aromatic amines is 1. The molecule has 0 spiro atoms. The Morgan fingerprint density at radius 2 is 1.78 bits per heavy atom. The minimum atomic E-state index is -0.321. The maximum atomic E-state index is 14.5. The predicted octanol–water partition coefficient (Wildman–Crippen LogP) is 3.41. The Morgan fingerprint density at radius 1 is 0.957 bits per heavy atom. The third-order valence-corrected chi connectivity index (χ3v) is 3.63. The van der Waals surface area contributed by atoms with E-state index in [0.717, 1.165) is 5.56 Å². The maximum absolute atomic E-state index is 14.5. The number of H-pyrrole nitrogens is 1. The predicted molar refractivity (Wildman–Crippen MR) is 86.9 cm³/mol. The van der Waals surface area contributed by atoms with Gasteiger partial charge in [0.25, 0.3) is 0 Å². The molecule has 0 bridgehead atoms. The monoisotopic (exact) mass is 305 g/mol. The van der Waals surface area contributed by atoms with Crippen LogP contribution in [0.25, 0.3) is 33.5 Å². The SMILES string of the molecule is Nc1nc(-c2ccc(-c3ccccc3)c(F)c2)c2[nH]cnc2n1. The molecule has 4 aromatic rings. The molecule has 2 aromatic heterocycles. The summed E-state index contributed by atoms with van der Waals surface area (Å²) in [6, 6.07) is 14.4. The van der Waals surface area contributed by atoms with Crippen molar-refractivity contribution in [2.24, 2.45) is 0 Å². The van der Waals surface area contributed by atoms with Gasteiger partial charge in [0, 0.05) is 11.1 Å². The molecule has 5 nitrogen and oxygen atoms in total. The molecular formula is C17H12FN5. The summed E-state index contributed by atoms with van der Waals surface area (Å²) in [7, 11) is 0. The quantitative estimate of drug-likeness (QED) is 0.594. The highest BCUT2D eigenvalue weighted by atomic mass is 19.1. The van der Waals surface area contributed by atoms with Gasteiger partial charge in [-0.1, -0.05) is 42.5 Å². The third kappa shape index (κ3) is 2.30. The molecule has 0 aliphatic carbocycles. The van der Waals surface area contributed by atoms with Crippen LogP contribution in [0.5, 0.6) is 0 Å². The van der Waals surface area contributed by atoms with Gasteiger partial charge in [-0.15, -0.1) is 0 Å². The van der Waals surface area contributed by atoms with Crippen LogP contribution in [0, 0.1) is 5.82 Å². The molecule has 0 aliphatic heterocycles. The van der Waals surface area contributed by atoms with Crippen molar-refractivity contribution in [3.05, 3.63) is 60.7 Å². The number of nitrogen functional groups attached to an aromatic ring is 1. The van der Waals surface area contributed by atoms with Crippen molar-refractivity contribution in [3.8, 4) is 22.4 Å². The number of halogens is 1. The van der Waals surface area contributed by atoms with Gasteiger partial charge in [-0.25, -0.2) is 14.4 Å². The van der Waals surface area contributed by atoms with Crippen LogP contribution in [0.1, 0.15) is 0 Å². The Balaban J connectivity index is 1.87. The summed E-state index contributed by atoms with van der Waals surface area (Å²) < 4.78 is 14.5. The second-order valence-electron chi connectivity index (χ2n) is 5.09. The molecule has 0 amide bonds. The Bertz CT molecular complexity index is 994. The van der Waals surface area contributed by atoms with Gasteiger partial charge in [0.05, 0.1) is 6.33 Å². The molecule has 4 rings (SSSR count). The summed E-state index contributed by atoms with van der Waals surface area (Å²) in [4.78, 5) is 15.3. The van der Waals surface area contributed by atoms with Gasteiger partial charge in [-0.3, -0.25) is 0 Å². The van der Waals surface area contributed by atoms with Crippen molar-refractivity contribution in [1.82, 2.24) is 19.9 Å². The van der Waals surface area contributed by atoms with Gasteiger partial charge in [-0.2, -0.15) is 4.98 Å². The van der Waals surface area contributed by atoms with E-state index in [2.05, 4.69) is 19.9 Å². The van der Waals surface area contributed by atoms with Crippen LogP contribution in [-0.4, -0.2) is 19.9 Å². The Morgan fingerprint density at radius 3 is 2.57 bits per heavy atom. The number of nitrogens with one attached hydrogen (secondary N) is 1. The van der Waals surface area contributed by atoms with E-state index in [4.69, 9.17) is 5.73 Å². The smallest absolute Gasteiger partial charge is 0.222 e. The van der Waals surface area contributed by atoms with Gasteiger partial charge >= 0.3 is 0 Å². The largest absolute Gasteiger partial charge is 0.368 e. The zero-order valence-electron chi connectivity index (χ0n) is 12.0. The van der Waals surface area contributed by atoms with Gasteiger partial charge in [0.1, 0.15) is 17.0 Å². The average molecular weight is 305 g/mol. The molecular weight excluding hydrogens is 293 g/mol. The highest BCUT2D eigenvalue weighted by Gasteiger charge is 2.13. The number of hydrogen-bond donors (Lipinski definition) is 2. The van der Waals surface area contributed by atoms with Gasteiger partial charge < -0.3 is 10.7 Å². The highest BCUT2D eigenvalue weighted by molar-refractivity contribution is 5.88. The van der Waals surface area contributed by atoms with Crippen LogP contribution in [0.3, 0.4) is 0 Å². The molecule has 0 aliphatic rings. The summed E-state index contributed by atoms with van der Waals surface area (Å²) >= 11 is 0. The lowest BCUT2D eigenvalue weighted by Crippen LogP contribution is -1.98. The number of imidazole rings is 1. The molecule has 0 unspecified atom stereocenters. The summed E-state index contributed by atoms with van der Waals surface area (Å²) in [5.41, 5.74) is 9.31. The number of nitrogens with zero attached hydrogens (tertiary/aromatic N) is 3. The minimum absolute atomic E-state index is 0.104. The normalized spacial score (nSPS) is 11.0. The molecule has 2 heterocycles. The lowest BCUT2D eigenvalue weighted by atomic mass is 10.0. The topological polar surface area (TPSA) is 80.5 Å². The fourth-order valence-corrected chi connectivity index (χ4v) is 2.57. The molecule has 2 aromatic carbocycles. The van der Waals surface area contributed by atoms with E-state index in [-0.39, 0.29) is 11.8 Å². The van der Waals surface area contributed by atoms with Crippen LogP contribution in [-0.2, 0) is 0 Å². The first-order valence-corrected chi connectivity index (χ1v) is 7.04. The lowest BCUT2D eigenvalue weighted by Gasteiger charge is -2.07. The third-order valence-electron chi connectivity index (χ3n) is 3.63. The van der Waals surface area contributed by atoms with Crippen molar-refractivity contribution < 1.29 is 4.39 Å². The van der Waals surface area contributed by atoms with Crippen LogP contribution < -0.4 is 5.73 Å². The summed E-state index contributed by atoms with van der Waals surface area (Å²) in [6.07, 6.45) is 1.51. The molecule has 0 atom stereocenters. The molecule has 0 saturated carbocycles. The number of rotatable bonds is 2. The molecule has 112 valence electrons. The van der Waals surface area contributed by atoms with Crippen molar-refractivity contribution in [3.63, 3.8) is 0 Å². The number of benzene rings is 2. The van der Waals surface area contributed by atoms with Gasteiger partial charge in [-0.05, 0) is 11.6 Å². The van der Waals surface area contributed by atoms with E-state index in [0.29, 0.717) is 28.0 Å². The van der Waals surface area contributed by atoms with Crippen LogP contribution in [0.2, 0.25) is 0 Å². The van der Waals surface area contributed by atoms with Gasteiger partial charge in [0.15, 0.2) is 5.65 Å². The van der Waals surface area contributed by atoms with E-state index >= 15 is 0 Å². The van der Waals surface area contributed by atoms with E-state index < -0.39 is 0 Å². The minimum Gasteiger partial charge on any atom is -0.368 e. The van der Waals surface area contributed by atoms with Crippen molar-refractivity contribution in [2.75, 3.05) is 5.73 Å². The zero-order valence-corrected chi connectivity index (χ0v) is 12.0. The number of aromatic nitrogens is 4. The summed E-state index contributed by atoms with van der Waals surface area (Å²) in [5, 5.41) is 0. The van der Waals surface area contributed by atoms with Crippen molar-refractivity contribution in [1.29, 1.82) is 0 Å².